The highest BCUT2D eigenvalue weighted by Crippen LogP contribution is 2.32. The van der Waals surface area contributed by atoms with Crippen molar-refractivity contribution in [2.24, 2.45) is 0 Å². The van der Waals surface area contributed by atoms with Gasteiger partial charge < -0.3 is 10.4 Å². The fraction of sp³-hybridized carbons (Fsp3) is 0.333. The van der Waals surface area contributed by atoms with Gasteiger partial charge >= 0.3 is 6.18 Å². The number of aromatic nitrogens is 4. The van der Waals surface area contributed by atoms with Crippen molar-refractivity contribution in [3.8, 4) is 5.82 Å². The zero-order chi connectivity index (χ0) is 29.3. The smallest absolute Gasteiger partial charge is 0.390 e. The topological polar surface area (TPSA) is 96.2 Å². The Morgan fingerprint density at radius 1 is 1.05 bits per heavy atom. The quantitative estimate of drug-likeness (QED) is 0.270. The molecule has 0 bridgehead atoms. The summed E-state index contributed by atoms with van der Waals surface area (Å²) in [6.45, 7) is 6.83. The number of alkyl halides is 3. The molecule has 0 radical (unpaired) electrons. The van der Waals surface area contributed by atoms with Gasteiger partial charge in [0.25, 0.3) is 0 Å². The molecule has 0 atom stereocenters. The predicted octanol–water partition coefficient (Wildman–Crippen LogP) is 5.21. The molecule has 1 aliphatic heterocycles. The number of carbonyl (C=O) groups excluding carboxylic acids is 1. The normalized spacial score (nSPS) is 14.2. The standard InChI is InChI=1S/C30H31F3N6O2/c1-4-24-13-28(35-17-34-24)39-29(7-19(3)37-39)36-26-10-20(6-5-18(26)2)11-27(41)22-8-21(14-38-15-25(40)16-38)9-23(12-22)30(31,32)33/h5-10,12-13,17,25,36,40H,4,11,14-16H2,1-3H3. The molecule has 1 fully saturated rings. The lowest BCUT2D eigenvalue weighted by atomic mass is 9.97. The third-order valence-electron chi connectivity index (χ3n) is 7.04. The lowest BCUT2D eigenvalue weighted by Crippen LogP contribution is -2.49. The lowest BCUT2D eigenvalue weighted by molar-refractivity contribution is -0.137. The number of Topliss-reactive ketones (excluding diaryl/α,β-unsaturated/α-hetero) is 1. The van der Waals surface area contributed by atoms with Gasteiger partial charge in [-0.25, -0.2) is 9.97 Å². The number of aliphatic hydroxyl groups is 1. The van der Waals surface area contributed by atoms with Crippen molar-refractivity contribution >= 4 is 17.3 Å². The number of aryl methyl sites for hydroxylation is 3. The first-order chi connectivity index (χ1) is 19.5. The average Bonchev–Trinajstić information content (AvgIpc) is 3.28. The molecule has 2 aromatic heterocycles. The van der Waals surface area contributed by atoms with Gasteiger partial charge in [0.1, 0.15) is 12.1 Å². The maximum atomic E-state index is 13.6. The number of hydrogen-bond acceptors (Lipinski definition) is 7. The molecule has 0 saturated carbocycles. The number of nitrogens with zero attached hydrogens (tertiary/aromatic N) is 5. The second-order valence-electron chi connectivity index (χ2n) is 10.4. The van der Waals surface area contributed by atoms with Crippen LogP contribution >= 0.6 is 0 Å². The number of halogens is 3. The predicted molar refractivity (Wildman–Crippen MR) is 148 cm³/mol. The van der Waals surface area contributed by atoms with Crippen molar-refractivity contribution in [3.05, 3.63) is 94.1 Å². The van der Waals surface area contributed by atoms with Crippen LogP contribution < -0.4 is 5.32 Å². The number of β-amino-alcohol motifs (C(OH)–C–C–N with tert-alkyl or cyclic N) is 1. The van der Waals surface area contributed by atoms with E-state index in [0.29, 0.717) is 35.9 Å². The van der Waals surface area contributed by atoms with Crippen molar-refractivity contribution in [2.75, 3.05) is 18.4 Å². The molecular formula is C30H31F3N6O2. The number of benzene rings is 2. The third-order valence-corrected chi connectivity index (χ3v) is 7.04. The Kier molecular flexibility index (Phi) is 7.92. The Balaban J connectivity index is 1.39. The summed E-state index contributed by atoms with van der Waals surface area (Å²) < 4.78 is 42.6. The molecule has 0 aliphatic carbocycles. The Bertz CT molecular complexity index is 1580. The van der Waals surface area contributed by atoms with Crippen molar-refractivity contribution in [1.29, 1.82) is 0 Å². The first-order valence-corrected chi connectivity index (χ1v) is 13.4. The van der Waals surface area contributed by atoms with E-state index in [1.165, 1.54) is 12.4 Å². The number of carbonyl (C=O) groups is 1. The zero-order valence-electron chi connectivity index (χ0n) is 23.0. The van der Waals surface area contributed by atoms with Crippen LogP contribution in [0.2, 0.25) is 0 Å². The van der Waals surface area contributed by atoms with Crippen molar-refractivity contribution in [2.45, 2.75) is 52.4 Å². The molecule has 1 aliphatic rings. The molecule has 8 nitrogen and oxygen atoms in total. The highest BCUT2D eigenvalue weighted by atomic mass is 19.4. The summed E-state index contributed by atoms with van der Waals surface area (Å²) in [6.07, 6.45) is -2.87. The van der Waals surface area contributed by atoms with Gasteiger partial charge in [0.2, 0.25) is 0 Å². The first-order valence-electron chi connectivity index (χ1n) is 13.4. The molecular weight excluding hydrogens is 533 g/mol. The van der Waals surface area contributed by atoms with E-state index in [1.54, 1.807) is 10.7 Å². The summed E-state index contributed by atoms with van der Waals surface area (Å²) in [5.41, 5.74) is 3.52. The van der Waals surface area contributed by atoms with Gasteiger partial charge in [0.15, 0.2) is 11.6 Å². The Hall–Kier alpha value is -4.09. The molecule has 0 unspecified atom stereocenters. The van der Waals surface area contributed by atoms with Gasteiger partial charge in [-0.3, -0.25) is 9.69 Å². The molecule has 5 rings (SSSR count). The number of anilines is 2. The fourth-order valence-electron chi connectivity index (χ4n) is 4.84. The molecule has 2 N–H and O–H groups in total. The molecule has 1 saturated heterocycles. The van der Waals surface area contributed by atoms with Crippen molar-refractivity contribution < 1.29 is 23.1 Å². The van der Waals surface area contributed by atoms with Crippen LogP contribution in [0.3, 0.4) is 0 Å². The molecule has 11 heteroatoms. The molecule has 0 amide bonds. The van der Waals surface area contributed by atoms with E-state index >= 15 is 0 Å². The summed E-state index contributed by atoms with van der Waals surface area (Å²) in [4.78, 5) is 23.7. The number of hydrogen-bond donors (Lipinski definition) is 2. The highest BCUT2D eigenvalue weighted by molar-refractivity contribution is 5.98. The molecule has 3 heterocycles. The Morgan fingerprint density at radius 2 is 1.83 bits per heavy atom. The second kappa shape index (κ2) is 11.4. The van der Waals surface area contributed by atoms with Crippen molar-refractivity contribution in [3.63, 3.8) is 0 Å². The minimum absolute atomic E-state index is 0.00942. The number of nitrogens with one attached hydrogen (secondary N) is 1. The van der Waals surface area contributed by atoms with E-state index in [1.807, 2.05) is 49.9 Å². The number of aliphatic hydroxyl groups excluding tert-OH is 1. The number of ketones is 1. The van der Waals surface area contributed by atoms with Crippen LogP contribution in [0.4, 0.5) is 24.7 Å². The van der Waals surface area contributed by atoms with Crippen molar-refractivity contribution in [1.82, 2.24) is 24.6 Å². The summed E-state index contributed by atoms with van der Waals surface area (Å²) in [5, 5.41) is 17.5. The molecule has 4 aromatic rings. The van der Waals surface area contributed by atoms with Crippen LogP contribution in [0.25, 0.3) is 5.82 Å². The van der Waals surface area contributed by atoms with Crippen LogP contribution in [0.5, 0.6) is 0 Å². The molecule has 0 spiro atoms. The summed E-state index contributed by atoms with van der Waals surface area (Å²) in [6, 6.07) is 12.7. The number of rotatable bonds is 9. The second-order valence-corrected chi connectivity index (χ2v) is 10.4. The van der Waals surface area contributed by atoms with Crippen LogP contribution in [-0.2, 0) is 25.6 Å². The zero-order valence-corrected chi connectivity index (χ0v) is 23.0. The Labute approximate surface area is 235 Å². The van der Waals surface area contributed by atoms with Gasteiger partial charge in [-0.05, 0) is 61.2 Å². The van der Waals surface area contributed by atoms with E-state index in [4.69, 9.17) is 0 Å². The SMILES string of the molecule is CCc1cc(-n2nc(C)cc2Nc2cc(CC(=O)c3cc(CN4CC(O)C4)cc(C(F)(F)F)c3)ccc2C)ncn1. The van der Waals surface area contributed by atoms with Crippen LogP contribution in [0, 0.1) is 13.8 Å². The summed E-state index contributed by atoms with van der Waals surface area (Å²) in [5.74, 6) is 0.878. The first kappa shape index (κ1) is 28.4. The highest BCUT2D eigenvalue weighted by Gasteiger charge is 2.32. The van der Waals surface area contributed by atoms with Crippen LogP contribution in [0.1, 0.15) is 50.9 Å². The molecule has 214 valence electrons. The van der Waals surface area contributed by atoms with E-state index in [0.717, 1.165) is 41.2 Å². The van der Waals surface area contributed by atoms with E-state index in [9.17, 15) is 23.1 Å². The van der Waals surface area contributed by atoms with E-state index in [2.05, 4.69) is 20.4 Å². The van der Waals surface area contributed by atoms with Crippen LogP contribution in [-0.4, -0.2) is 54.7 Å². The third kappa shape index (κ3) is 6.63. The van der Waals surface area contributed by atoms with Gasteiger partial charge in [0, 0.05) is 55.1 Å². The van der Waals surface area contributed by atoms with Gasteiger partial charge in [0.05, 0.1) is 17.4 Å². The summed E-state index contributed by atoms with van der Waals surface area (Å²) >= 11 is 0. The maximum Gasteiger partial charge on any atom is 0.416 e. The van der Waals surface area contributed by atoms with Gasteiger partial charge in [-0.1, -0.05) is 19.1 Å². The largest absolute Gasteiger partial charge is 0.416 e. The van der Waals surface area contributed by atoms with Gasteiger partial charge in [-0.15, -0.1) is 0 Å². The molecule has 41 heavy (non-hydrogen) atoms. The number of likely N-dealkylation sites (tertiary alicyclic amines) is 1. The van der Waals surface area contributed by atoms with Crippen LogP contribution in [0.15, 0.2) is 54.9 Å². The average molecular weight is 565 g/mol. The maximum absolute atomic E-state index is 13.6. The fourth-order valence-corrected chi connectivity index (χ4v) is 4.84. The summed E-state index contributed by atoms with van der Waals surface area (Å²) in [7, 11) is 0. The monoisotopic (exact) mass is 564 g/mol. The van der Waals surface area contributed by atoms with E-state index < -0.39 is 23.6 Å². The minimum Gasteiger partial charge on any atom is -0.390 e. The van der Waals surface area contributed by atoms with Gasteiger partial charge in [-0.2, -0.15) is 23.0 Å². The van der Waals surface area contributed by atoms with E-state index in [-0.39, 0.29) is 18.5 Å². The minimum atomic E-state index is -4.58. The molecule has 2 aromatic carbocycles. The lowest BCUT2D eigenvalue weighted by Gasteiger charge is -2.36. The Morgan fingerprint density at radius 3 is 2.54 bits per heavy atom.